The average molecular weight is 201 g/mol. The van der Waals surface area contributed by atoms with E-state index in [4.69, 9.17) is 16.0 Å². The summed E-state index contributed by atoms with van der Waals surface area (Å²) in [6.07, 6.45) is 5.25. The quantitative estimate of drug-likeness (QED) is 0.708. The van der Waals surface area contributed by atoms with Gasteiger partial charge in [-0.3, -0.25) is 0 Å². The highest BCUT2D eigenvalue weighted by molar-refractivity contribution is 6.21. The Hall–Kier alpha value is -0.470. The number of hydrogen-bond donors (Lipinski definition) is 1. The second-order valence-electron chi connectivity index (χ2n) is 3.61. The molecule has 1 aromatic rings. The van der Waals surface area contributed by atoms with E-state index < -0.39 is 5.60 Å². The van der Waals surface area contributed by atoms with Gasteiger partial charge in [0.2, 0.25) is 0 Å². The van der Waals surface area contributed by atoms with Crippen LogP contribution in [-0.4, -0.2) is 10.5 Å². The minimum atomic E-state index is -0.941. The third kappa shape index (κ3) is 1.49. The highest BCUT2D eigenvalue weighted by Crippen LogP contribution is 2.40. The maximum absolute atomic E-state index is 10.3. The van der Waals surface area contributed by atoms with Crippen LogP contribution in [0.15, 0.2) is 22.8 Å². The number of alkyl halides is 1. The zero-order valence-corrected chi connectivity index (χ0v) is 8.13. The van der Waals surface area contributed by atoms with Crippen LogP contribution in [0.3, 0.4) is 0 Å². The van der Waals surface area contributed by atoms with E-state index in [0.717, 1.165) is 19.3 Å². The van der Waals surface area contributed by atoms with Crippen molar-refractivity contribution in [1.82, 2.24) is 0 Å². The molecule has 1 aliphatic carbocycles. The van der Waals surface area contributed by atoms with Crippen molar-refractivity contribution in [2.24, 2.45) is 0 Å². The van der Waals surface area contributed by atoms with Crippen molar-refractivity contribution in [3.8, 4) is 0 Å². The van der Waals surface area contributed by atoms with Gasteiger partial charge in [0.05, 0.1) is 11.6 Å². The van der Waals surface area contributed by atoms with Crippen LogP contribution in [0.25, 0.3) is 0 Å². The predicted octanol–water partition coefficient (Wildman–Crippen LogP) is 2.65. The summed E-state index contributed by atoms with van der Waals surface area (Å²) in [6.45, 7) is 0. The van der Waals surface area contributed by atoms with Crippen molar-refractivity contribution in [2.45, 2.75) is 36.7 Å². The van der Waals surface area contributed by atoms with Gasteiger partial charge >= 0.3 is 0 Å². The summed E-state index contributed by atoms with van der Waals surface area (Å²) >= 11 is 6.11. The van der Waals surface area contributed by atoms with Crippen molar-refractivity contribution in [1.29, 1.82) is 0 Å². The van der Waals surface area contributed by atoms with Gasteiger partial charge in [-0.15, -0.1) is 11.6 Å². The van der Waals surface area contributed by atoms with Crippen molar-refractivity contribution >= 4 is 11.6 Å². The first kappa shape index (κ1) is 9.10. The predicted molar refractivity (Wildman–Crippen MR) is 50.7 cm³/mol. The van der Waals surface area contributed by atoms with Crippen LogP contribution >= 0.6 is 11.6 Å². The molecule has 1 N–H and O–H groups in total. The highest BCUT2D eigenvalue weighted by Gasteiger charge is 2.41. The number of rotatable bonds is 1. The van der Waals surface area contributed by atoms with Crippen LogP contribution in [0.4, 0.5) is 0 Å². The zero-order valence-electron chi connectivity index (χ0n) is 7.37. The Kier molecular flexibility index (Phi) is 2.35. The molecule has 3 heteroatoms. The molecule has 0 saturated heterocycles. The van der Waals surface area contributed by atoms with Crippen LogP contribution in [0.1, 0.15) is 31.4 Å². The Morgan fingerprint density at radius 1 is 1.54 bits per heavy atom. The van der Waals surface area contributed by atoms with Crippen molar-refractivity contribution in [3.05, 3.63) is 24.2 Å². The largest absolute Gasteiger partial charge is 0.466 e. The minimum absolute atomic E-state index is 0.215. The number of halogens is 1. The first-order valence-electron chi connectivity index (χ1n) is 4.64. The molecule has 2 rings (SSSR count). The topological polar surface area (TPSA) is 33.4 Å². The number of aliphatic hydroxyl groups is 1. The summed E-state index contributed by atoms with van der Waals surface area (Å²) in [6, 6.07) is 3.58. The molecule has 2 nitrogen and oxygen atoms in total. The van der Waals surface area contributed by atoms with Gasteiger partial charge in [-0.05, 0) is 31.4 Å². The van der Waals surface area contributed by atoms with E-state index >= 15 is 0 Å². The lowest BCUT2D eigenvalue weighted by Crippen LogP contribution is -2.38. The smallest absolute Gasteiger partial charge is 0.138 e. The van der Waals surface area contributed by atoms with E-state index in [9.17, 15) is 5.11 Å². The Balaban J connectivity index is 2.27. The summed E-state index contributed by atoms with van der Waals surface area (Å²) in [5.41, 5.74) is -0.941. The molecule has 2 atom stereocenters. The Labute approximate surface area is 82.5 Å². The van der Waals surface area contributed by atoms with Gasteiger partial charge in [0.15, 0.2) is 0 Å². The summed E-state index contributed by atoms with van der Waals surface area (Å²) in [5.74, 6) is 0.604. The van der Waals surface area contributed by atoms with Crippen LogP contribution in [0.5, 0.6) is 0 Å². The third-order valence-electron chi connectivity index (χ3n) is 2.73. The van der Waals surface area contributed by atoms with Gasteiger partial charge < -0.3 is 9.52 Å². The Morgan fingerprint density at radius 2 is 2.38 bits per heavy atom. The molecule has 0 bridgehead atoms. The molecule has 0 radical (unpaired) electrons. The molecular weight excluding hydrogens is 188 g/mol. The van der Waals surface area contributed by atoms with Crippen LogP contribution in [-0.2, 0) is 5.60 Å². The van der Waals surface area contributed by atoms with Gasteiger partial charge in [-0.2, -0.15) is 0 Å². The molecule has 1 heterocycles. The molecule has 0 spiro atoms. The van der Waals surface area contributed by atoms with E-state index in [2.05, 4.69) is 0 Å². The molecule has 1 saturated carbocycles. The summed E-state index contributed by atoms with van der Waals surface area (Å²) in [7, 11) is 0. The summed E-state index contributed by atoms with van der Waals surface area (Å²) in [5, 5.41) is 10.1. The molecule has 0 aromatic carbocycles. The standard InChI is InChI=1S/C10H13ClO2/c11-8-4-1-2-6-10(8,12)9-5-3-7-13-9/h3,5,7-8,12H,1-2,4,6H2/t8-,10+/m1/s1. The molecule has 1 fully saturated rings. The minimum Gasteiger partial charge on any atom is -0.466 e. The SMILES string of the molecule is O[C@@]1(c2ccco2)CCCC[C@H]1Cl. The second-order valence-corrected chi connectivity index (χ2v) is 4.14. The maximum atomic E-state index is 10.3. The van der Waals surface area contributed by atoms with E-state index in [1.54, 1.807) is 18.4 Å². The van der Waals surface area contributed by atoms with Crippen molar-refractivity contribution in [3.63, 3.8) is 0 Å². The lowest BCUT2D eigenvalue weighted by atomic mass is 9.82. The molecule has 0 aliphatic heterocycles. The highest BCUT2D eigenvalue weighted by atomic mass is 35.5. The molecule has 0 amide bonds. The summed E-state index contributed by atoms with van der Waals surface area (Å²) in [4.78, 5) is 0. The van der Waals surface area contributed by atoms with Gasteiger partial charge in [0.25, 0.3) is 0 Å². The van der Waals surface area contributed by atoms with E-state index in [1.165, 1.54) is 0 Å². The fourth-order valence-corrected chi connectivity index (χ4v) is 2.29. The zero-order chi connectivity index (χ0) is 9.31. The lowest BCUT2D eigenvalue weighted by Gasteiger charge is -2.34. The first-order chi connectivity index (χ1) is 6.23. The number of furan rings is 1. The summed E-state index contributed by atoms with van der Waals surface area (Å²) < 4.78 is 5.21. The Morgan fingerprint density at radius 3 is 3.00 bits per heavy atom. The Bertz CT molecular complexity index is 270. The van der Waals surface area contributed by atoms with Crippen LogP contribution in [0.2, 0.25) is 0 Å². The van der Waals surface area contributed by atoms with E-state index in [0.29, 0.717) is 12.2 Å². The monoisotopic (exact) mass is 200 g/mol. The molecule has 0 unspecified atom stereocenters. The number of hydrogen-bond acceptors (Lipinski definition) is 2. The maximum Gasteiger partial charge on any atom is 0.138 e. The molecule has 1 aliphatic rings. The second kappa shape index (κ2) is 3.35. The first-order valence-corrected chi connectivity index (χ1v) is 5.07. The van der Waals surface area contributed by atoms with Crippen molar-refractivity contribution in [2.75, 3.05) is 0 Å². The van der Waals surface area contributed by atoms with E-state index in [1.807, 2.05) is 0 Å². The van der Waals surface area contributed by atoms with Gasteiger partial charge in [0, 0.05) is 0 Å². The molecule has 13 heavy (non-hydrogen) atoms. The fourth-order valence-electron chi connectivity index (χ4n) is 1.92. The normalized spacial score (nSPS) is 34.8. The molecule has 1 aromatic heterocycles. The molecule has 72 valence electrons. The molecular formula is C10H13ClO2. The average Bonchev–Trinajstić information content (AvgIpc) is 2.63. The van der Waals surface area contributed by atoms with Crippen LogP contribution < -0.4 is 0 Å². The van der Waals surface area contributed by atoms with Crippen LogP contribution in [0, 0.1) is 0 Å². The fraction of sp³-hybridized carbons (Fsp3) is 0.600. The van der Waals surface area contributed by atoms with Gasteiger partial charge in [-0.25, -0.2) is 0 Å². The third-order valence-corrected chi connectivity index (χ3v) is 3.31. The van der Waals surface area contributed by atoms with E-state index in [-0.39, 0.29) is 5.38 Å². The van der Waals surface area contributed by atoms with Crippen molar-refractivity contribution < 1.29 is 9.52 Å². The lowest BCUT2D eigenvalue weighted by molar-refractivity contribution is -0.0155. The van der Waals surface area contributed by atoms with Gasteiger partial charge in [-0.1, -0.05) is 6.42 Å². The van der Waals surface area contributed by atoms with Gasteiger partial charge in [0.1, 0.15) is 11.4 Å².